The molecule has 1 saturated carbocycles. The maximum Gasteiger partial charge on any atom is 0.346 e. The lowest BCUT2D eigenvalue weighted by molar-refractivity contribution is -0.146. The second-order valence-corrected chi connectivity index (χ2v) is 12.5. The van der Waals surface area contributed by atoms with Gasteiger partial charge < -0.3 is 24.1 Å². The Morgan fingerprint density at radius 3 is 2.59 bits per heavy atom. The van der Waals surface area contributed by atoms with Crippen LogP contribution < -0.4 is 14.2 Å². The Bertz CT molecular complexity index is 1390. The molecule has 4 atom stereocenters. The van der Waals surface area contributed by atoms with Crippen LogP contribution in [-0.2, 0) is 16.1 Å². The first-order chi connectivity index (χ1) is 18.5. The molecule has 0 amide bonds. The molecular formula is C29H29Br2FO7. The highest BCUT2D eigenvalue weighted by molar-refractivity contribution is 9.13. The van der Waals surface area contributed by atoms with Crippen LogP contribution in [0.4, 0.5) is 4.39 Å². The molecule has 1 unspecified atom stereocenters. The molecule has 39 heavy (non-hydrogen) atoms. The van der Waals surface area contributed by atoms with E-state index in [0.29, 0.717) is 24.3 Å². The number of benzene rings is 2. The van der Waals surface area contributed by atoms with Gasteiger partial charge in [0.05, 0.1) is 33.1 Å². The minimum Gasteiger partial charge on any atom is -0.495 e. The summed E-state index contributed by atoms with van der Waals surface area (Å²) >= 11 is 6.58. The highest BCUT2D eigenvalue weighted by atomic mass is 79.9. The maximum absolute atomic E-state index is 15.5. The predicted molar refractivity (Wildman–Crippen MR) is 147 cm³/mol. The smallest absolute Gasteiger partial charge is 0.346 e. The molecule has 5 rings (SSSR count). The largest absolute Gasteiger partial charge is 0.495 e. The Balaban J connectivity index is 1.61. The van der Waals surface area contributed by atoms with Gasteiger partial charge in [-0.25, -0.2) is 9.18 Å². The number of rotatable bonds is 6. The van der Waals surface area contributed by atoms with Crippen molar-refractivity contribution in [1.29, 1.82) is 0 Å². The van der Waals surface area contributed by atoms with Crippen molar-refractivity contribution in [3.05, 3.63) is 55.7 Å². The van der Waals surface area contributed by atoms with Gasteiger partial charge in [0.2, 0.25) is 0 Å². The highest BCUT2D eigenvalue weighted by Gasteiger charge is 2.51. The molecule has 1 aliphatic heterocycles. The summed E-state index contributed by atoms with van der Waals surface area (Å²) in [5, 5.41) is 10.8. The SMILES string of the molecule is COc1c(C(O)CC(C)C)ccc2c1C(=O)OCc1c(F)c(Br)c(Br)c(OC(=O)[C@@]3(C)C[C@@H]4C=C[C@H]3C4)c1O2. The molecular weight excluding hydrogens is 639 g/mol. The zero-order valence-corrected chi connectivity index (χ0v) is 25.1. The van der Waals surface area contributed by atoms with Crippen molar-refractivity contribution in [2.24, 2.45) is 23.2 Å². The third-order valence-electron chi connectivity index (χ3n) is 7.84. The number of aliphatic hydroxyl groups excluding tert-OH is 1. The first-order valence-corrected chi connectivity index (χ1v) is 14.4. The molecule has 1 fully saturated rings. The Labute approximate surface area is 242 Å². The summed E-state index contributed by atoms with van der Waals surface area (Å²) in [5.41, 5.74) is -0.472. The van der Waals surface area contributed by atoms with Gasteiger partial charge in [-0.1, -0.05) is 26.0 Å². The van der Waals surface area contributed by atoms with Gasteiger partial charge in [0.15, 0.2) is 11.5 Å². The monoisotopic (exact) mass is 666 g/mol. The molecule has 2 bridgehead atoms. The van der Waals surface area contributed by atoms with Crippen molar-refractivity contribution < 1.29 is 38.0 Å². The van der Waals surface area contributed by atoms with E-state index >= 15 is 4.39 Å². The van der Waals surface area contributed by atoms with Gasteiger partial charge in [-0.05, 0) is 87.9 Å². The summed E-state index contributed by atoms with van der Waals surface area (Å²) in [5.74, 6) is -1.41. The summed E-state index contributed by atoms with van der Waals surface area (Å²) < 4.78 is 38.8. The van der Waals surface area contributed by atoms with Crippen molar-refractivity contribution in [2.75, 3.05) is 7.11 Å². The van der Waals surface area contributed by atoms with Crippen LogP contribution in [-0.4, -0.2) is 24.2 Å². The predicted octanol–water partition coefficient (Wildman–Crippen LogP) is 7.41. The van der Waals surface area contributed by atoms with E-state index in [9.17, 15) is 14.7 Å². The van der Waals surface area contributed by atoms with Gasteiger partial charge in [0.1, 0.15) is 29.5 Å². The van der Waals surface area contributed by atoms with Crippen LogP contribution in [0.1, 0.15) is 67.6 Å². The highest BCUT2D eigenvalue weighted by Crippen LogP contribution is 2.55. The number of fused-ring (bicyclic) bond motifs is 4. The van der Waals surface area contributed by atoms with Crippen molar-refractivity contribution in [1.82, 2.24) is 0 Å². The van der Waals surface area contributed by atoms with E-state index in [1.165, 1.54) is 13.2 Å². The minimum absolute atomic E-state index is 0.00669. The summed E-state index contributed by atoms with van der Waals surface area (Å²) in [6, 6.07) is 3.09. The molecule has 7 nitrogen and oxygen atoms in total. The van der Waals surface area contributed by atoms with Gasteiger partial charge in [-0.3, -0.25) is 4.79 Å². The van der Waals surface area contributed by atoms with E-state index in [1.807, 2.05) is 20.8 Å². The number of methoxy groups -OCH3 is 1. The van der Waals surface area contributed by atoms with Crippen LogP contribution in [0.25, 0.3) is 0 Å². The Morgan fingerprint density at radius 2 is 1.97 bits per heavy atom. The van der Waals surface area contributed by atoms with E-state index in [-0.39, 0.29) is 54.9 Å². The second-order valence-electron chi connectivity index (χ2n) is 11.0. The van der Waals surface area contributed by atoms with Gasteiger partial charge in [-0.2, -0.15) is 0 Å². The molecule has 2 aliphatic carbocycles. The van der Waals surface area contributed by atoms with E-state index in [0.717, 1.165) is 6.42 Å². The molecule has 0 radical (unpaired) electrons. The number of carbonyl (C=O) groups is 2. The van der Waals surface area contributed by atoms with Gasteiger partial charge in [0, 0.05) is 5.56 Å². The van der Waals surface area contributed by atoms with Crippen LogP contribution in [0.2, 0.25) is 0 Å². The number of esters is 2. The normalized spacial score (nSPS) is 23.9. The first-order valence-electron chi connectivity index (χ1n) is 12.8. The standard InChI is InChI=1S/C29H29Br2FO7/c1-13(2)9-18(33)16-7-8-19-20(24(16)36-4)27(34)37-12-17-23(32)21(30)22(31)26(25(17)38-19)39-28(35)29(3)11-14-5-6-15(29)10-14/h5-8,13-15,18,33H,9-12H2,1-4H3/t14-,15+,18?,29+/m1/s1. The fraction of sp³-hybridized carbons (Fsp3) is 0.448. The molecule has 2 aromatic rings. The van der Waals surface area contributed by atoms with Gasteiger partial charge in [-0.15, -0.1) is 0 Å². The van der Waals surface area contributed by atoms with Crippen molar-refractivity contribution in [2.45, 2.75) is 52.7 Å². The number of cyclic esters (lactones) is 1. The fourth-order valence-electron chi connectivity index (χ4n) is 5.77. The Kier molecular flexibility index (Phi) is 7.58. The third-order valence-corrected chi connectivity index (χ3v) is 9.87. The van der Waals surface area contributed by atoms with Gasteiger partial charge >= 0.3 is 11.9 Å². The second kappa shape index (κ2) is 10.5. The minimum atomic E-state index is -0.897. The maximum atomic E-state index is 15.5. The molecule has 2 aromatic carbocycles. The van der Waals surface area contributed by atoms with Crippen LogP contribution >= 0.6 is 31.9 Å². The molecule has 1 N–H and O–H groups in total. The number of carbonyl (C=O) groups excluding carboxylic acids is 2. The average molecular weight is 668 g/mol. The van der Waals surface area contributed by atoms with Crippen molar-refractivity contribution in [3.63, 3.8) is 0 Å². The molecule has 0 saturated heterocycles. The number of hydrogen-bond acceptors (Lipinski definition) is 7. The average Bonchev–Trinajstić information content (AvgIpc) is 3.48. The molecule has 0 spiro atoms. The fourth-order valence-corrected chi connectivity index (χ4v) is 6.62. The number of aliphatic hydroxyl groups is 1. The first kappa shape index (κ1) is 28.1. The van der Waals surface area contributed by atoms with Crippen molar-refractivity contribution in [3.8, 4) is 23.0 Å². The van der Waals surface area contributed by atoms with Crippen LogP contribution in [0.5, 0.6) is 23.0 Å². The molecule has 3 aliphatic rings. The number of halogens is 3. The zero-order valence-electron chi connectivity index (χ0n) is 22.0. The van der Waals surface area contributed by atoms with E-state index in [4.69, 9.17) is 18.9 Å². The van der Waals surface area contributed by atoms with Gasteiger partial charge in [0.25, 0.3) is 0 Å². The lowest BCUT2D eigenvalue weighted by atomic mass is 9.78. The van der Waals surface area contributed by atoms with E-state index in [1.54, 1.807) is 6.07 Å². The topological polar surface area (TPSA) is 91.3 Å². The zero-order chi connectivity index (χ0) is 28.2. The lowest BCUT2D eigenvalue weighted by Gasteiger charge is -2.30. The van der Waals surface area contributed by atoms with Crippen molar-refractivity contribution >= 4 is 43.8 Å². The summed E-state index contributed by atoms with van der Waals surface area (Å²) in [6.45, 7) is 5.34. The number of ether oxygens (including phenoxy) is 4. The van der Waals surface area contributed by atoms with E-state index in [2.05, 4.69) is 44.0 Å². The number of hydrogen-bond donors (Lipinski definition) is 1. The number of allylic oxidation sites excluding steroid dienone is 2. The van der Waals surface area contributed by atoms with E-state index < -0.39 is 35.9 Å². The lowest BCUT2D eigenvalue weighted by Crippen LogP contribution is -2.35. The third kappa shape index (κ3) is 4.78. The summed E-state index contributed by atoms with van der Waals surface area (Å²) in [7, 11) is 1.38. The quantitative estimate of drug-likeness (QED) is 0.148. The Hall–Kier alpha value is -2.43. The summed E-state index contributed by atoms with van der Waals surface area (Å²) in [4.78, 5) is 26.7. The van der Waals surface area contributed by atoms with Crippen LogP contribution in [0, 0.1) is 29.0 Å². The molecule has 0 aromatic heterocycles. The molecule has 208 valence electrons. The summed E-state index contributed by atoms with van der Waals surface area (Å²) in [6.07, 6.45) is 5.28. The van der Waals surface area contributed by atoms with Crippen LogP contribution in [0.3, 0.4) is 0 Å². The molecule has 1 heterocycles. The molecule has 10 heteroatoms. The van der Waals surface area contributed by atoms with Crippen LogP contribution in [0.15, 0.2) is 33.2 Å². The Morgan fingerprint density at radius 1 is 1.23 bits per heavy atom.